The second kappa shape index (κ2) is 8.45. The zero-order valence-electron chi connectivity index (χ0n) is 17.6. The van der Waals surface area contributed by atoms with Gasteiger partial charge in [-0.25, -0.2) is 4.90 Å². The van der Waals surface area contributed by atoms with Crippen molar-refractivity contribution in [3.05, 3.63) is 81.1 Å². The van der Waals surface area contributed by atoms with Gasteiger partial charge in [-0.05, 0) is 73.2 Å². The van der Waals surface area contributed by atoms with Crippen molar-refractivity contribution in [3.63, 3.8) is 0 Å². The van der Waals surface area contributed by atoms with Crippen molar-refractivity contribution in [2.75, 3.05) is 28.2 Å². The molecule has 5 rings (SSSR count). The first-order valence-electron chi connectivity index (χ1n) is 10.6. The number of amides is 2. The van der Waals surface area contributed by atoms with Crippen molar-refractivity contribution in [1.82, 2.24) is 0 Å². The summed E-state index contributed by atoms with van der Waals surface area (Å²) in [7, 11) is 0. The van der Waals surface area contributed by atoms with Crippen LogP contribution >= 0.6 is 22.9 Å². The quantitative estimate of drug-likeness (QED) is 0.492. The van der Waals surface area contributed by atoms with Crippen LogP contribution in [0.3, 0.4) is 0 Å². The lowest BCUT2D eigenvalue weighted by Gasteiger charge is -2.20. The molecule has 7 heteroatoms. The minimum Gasteiger partial charge on any atom is -0.372 e. The number of benzene rings is 2. The van der Waals surface area contributed by atoms with Gasteiger partial charge < -0.3 is 10.2 Å². The number of halogens is 1. The zero-order chi connectivity index (χ0) is 22.2. The van der Waals surface area contributed by atoms with E-state index < -0.39 is 0 Å². The summed E-state index contributed by atoms with van der Waals surface area (Å²) < 4.78 is 0. The number of rotatable bonds is 5. The van der Waals surface area contributed by atoms with E-state index in [1.807, 2.05) is 60.8 Å². The number of anilines is 3. The van der Waals surface area contributed by atoms with Gasteiger partial charge in [0.1, 0.15) is 5.70 Å². The number of hydrogen-bond acceptors (Lipinski definition) is 5. The lowest BCUT2D eigenvalue weighted by molar-refractivity contribution is -0.120. The third-order valence-corrected chi connectivity index (χ3v) is 7.25. The molecule has 0 bridgehead atoms. The van der Waals surface area contributed by atoms with Gasteiger partial charge in [0.25, 0.3) is 11.8 Å². The van der Waals surface area contributed by atoms with Crippen molar-refractivity contribution in [2.45, 2.75) is 19.8 Å². The molecule has 3 aromatic rings. The minimum absolute atomic E-state index is 0.270. The molecule has 1 aromatic heterocycles. The van der Waals surface area contributed by atoms with E-state index in [2.05, 4.69) is 10.2 Å². The fraction of sp³-hybridized carbons (Fsp3) is 0.200. The van der Waals surface area contributed by atoms with Crippen molar-refractivity contribution in [1.29, 1.82) is 0 Å². The van der Waals surface area contributed by atoms with Gasteiger partial charge in [-0.1, -0.05) is 23.7 Å². The largest absolute Gasteiger partial charge is 0.372 e. The number of carbonyl (C=O) groups is 2. The van der Waals surface area contributed by atoms with Gasteiger partial charge in [-0.15, -0.1) is 11.3 Å². The predicted molar refractivity (Wildman–Crippen MR) is 131 cm³/mol. The normalized spacial score (nSPS) is 16.4. The summed E-state index contributed by atoms with van der Waals surface area (Å²) in [4.78, 5) is 31.3. The summed E-state index contributed by atoms with van der Waals surface area (Å²) in [5.74, 6) is -0.694. The molecule has 2 aliphatic rings. The third-order valence-electron chi connectivity index (χ3n) is 5.96. The SMILES string of the molecule is Cc1c(Cl)cccc1NC1=C(c2cccs2)C(=O)N(c2ccc(N3CCCC3)cc2)C1=O. The average molecular weight is 464 g/mol. The Kier molecular flexibility index (Phi) is 5.49. The van der Waals surface area contributed by atoms with Crippen molar-refractivity contribution in [3.8, 4) is 0 Å². The molecule has 0 spiro atoms. The van der Waals surface area contributed by atoms with Gasteiger partial charge in [0.2, 0.25) is 0 Å². The van der Waals surface area contributed by atoms with Gasteiger partial charge in [0.15, 0.2) is 0 Å². The second-order valence-corrected chi connectivity index (χ2v) is 9.28. The lowest BCUT2D eigenvalue weighted by atomic mass is 10.1. The van der Waals surface area contributed by atoms with E-state index in [0.29, 0.717) is 22.0 Å². The summed E-state index contributed by atoms with van der Waals surface area (Å²) in [5.41, 5.74) is 3.86. The van der Waals surface area contributed by atoms with Crippen LogP contribution in [-0.2, 0) is 9.59 Å². The Bertz CT molecular complexity index is 1210. The number of thiophene rings is 1. The maximum Gasteiger partial charge on any atom is 0.282 e. The molecule has 0 aliphatic carbocycles. The fourth-order valence-electron chi connectivity index (χ4n) is 4.19. The molecule has 3 heterocycles. The zero-order valence-corrected chi connectivity index (χ0v) is 19.2. The van der Waals surface area contributed by atoms with E-state index in [9.17, 15) is 9.59 Å². The van der Waals surface area contributed by atoms with Gasteiger partial charge in [0.05, 0.1) is 11.3 Å². The monoisotopic (exact) mass is 463 g/mol. The molecular formula is C25H22ClN3O2S. The molecule has 162 valence electrons. The van der Waals surface area contributed by atoms with Gasteiger partial charge in [-0.3, -0.25) is 9.59 Å². The van der Waals surface area contributed by atoms with Crippen LogP contribution in [0, 0.1) is 6.92 Å². The summed E-state index contributed by atoms with van der Waals surface area (Å²) in [5, 5.41) is 5.70. The fourth-order valence-corrected chi connectivity index (χ4v) is 5.14. The van der Waals surface area contributed by atoms with Crippen molar-refractivity contribution < 1.29 is 9.59 Å². The maximum atomic E-state index is 13.5. The Hall–Kier alpha value is -3.09. The van der Waals surface area contributed by atoms with E-state index in [1.54, 1.807) is 6.07 Å². The van der Waals surface area contributed by atoms with E-state index in [0.717, 1.165) is 29.2 Å². The summed E-state index contributed by atoms with van der Waals surface area (Å²) >= 11 is 7.71. The average Bonchev–Trinajstić information content (AvgIpc) is 3.54. The highest BCUT2D eigenvalue weighted by molar-refractivity contribution is 7.11. The Morgan fingerprint density at radius 3 is 2.31 bits per heavy atom. The Morgan fingerprint density at radius 1 is 0.906 bits per heavy atom. The van der Waals surface area contributed by atoms with Gasteiger partial charge in [0, 0.05) is 34.4 Å². The topological polar surface area (TPSA) is 52.7 Å². The molecule has 1 fully saturated rings. The first kappa shape index (κ1) is 20.8. The van der Waals surface area contributed by atoms with Crippen LogP contribution in [-0.4, -0.2) is 24.9 Å². The molecule has 2 aliphatic heterocycles. The highest BCUT2D eigenvalue weighted by atomic mass is 35.5. The Balaban J connectivity index is 1.51. The number of nitrogens with zero attached hydrogens (tertiary/aromatic N) is 2. The Labute approximate surface area is 195 Å². The highest BCUT2D eigenvalue weighted by Crippen LogP contribution is 2.37. The van der Waals surface area contributed by atoms with Crippen LogP contribution in [0.5, 0.6) is 0 Å². The molecule has 0 saturated carbocycles. The molecule has 32 heavy (non-hydrogen) atoms. The Morgan fingerprint density at radius 2 is 1.62 bits per heavy atom. The van der Waals surface area contributed by atoms with Gasteiger partial charge >= 0.3 is 0 Å². The van der Waals surface area contributed by atoms with E-state index in [-0.39, 0.29) is 17.5 Å². The second-order valence-electron chi connectivity index (χ2n) is 7.92. The first-order valence-corrected chi connectivity index (χ1v) is 11.8. The van der Waals surface area contributed by atoms with Crippen molar-refractivity contribution >= 4 is 57.4 Å². The number of imide groups is 1. The standard InChI is InChI=1S/C25H22ClN3O2S/c1-16-19(26)6-4-7-20(16)27-23-22(21-8-5-15-32-21)24(30)29(25(23)31)18-11-9-17(10-12-18)28-13-2-3-14-28/h4-12,15,27H,2-3,13-14H2,1H3. The molecule has 2 amide bonds. The van der Waals surface area contributed by atoms with Crippen LogP contribution in [0.2, 0.25) is 5.02 Å². The summed E-state index contributed by atoms with van der Waals surface area (Å²) in [6.07, 6.45) is 2.38. The molecule has 0 unspecified atom stereocenters. The van der Waals surface area contributed by atoms with Gasteiger partial charge in [-0.2, -0.15) is 0 Å². The molecular weight excluding hydrogens is 442 g/mol. The minimum atomic E-state index is -0.369. The smallest absolute Gasteiger partial charge is 0.282 e. The van der Waals surface area contributed by atoms with Crippen LogP contribution in [0.15, 0.2) is 65.7 Å². The number of nitrogens with one attached hydrogen (secondary N) is 1. The molecule has 1 saturated heterocycles. The summed E-state index contributed by atoms with van der Waals surface area (Å²) in [6.45, 7) is 3.96. The predicted octanol–water partition coefficient (Wildman–Crippen LogP) is 5.71. The first-order chi connectivity index (χ1) is 15.5. The van der Waals surface area contributed by atoms with E-state index in [4.69, 9.17) is 11.6 Å². The van der Waals surface area contributed by atoms with Crippen LogP contribution < -0.4 is 15.1 Å². The van der Waals surface area contributed by atoms with E-state index in [1.165, 1.54) is 29.1 Å². The van der Waals surface area contributed by atoms with E-state index >= 15 is 0 Å². The van der Waals surface area contributed by atoms with Crippen LogP contribution in [0.4, 0.5) is 17.1 Å². The maximum absolute atomic E-state index is 13.5. The molecule has 5 nitrogen and oxygen atoms in total. The summed E-state index contributed by atoms with van der Waals surface area (Å²) in [6, 6.07) is 16.9. The molecule has 2 aromatic carbocycles. The van der Waals surface area contributed by atoms with Crippen molar-refractivity contribution in [2.24, 2.45) is 0 Å². The lowest BCUT2D eigenvalue weighted by Crippen LogP contribution is -2.32. The molecule has 0 atom stereocenters. The molecule has 1 N–H and O–H groups in total. The van der Waals surface area contributed by atoms with Crippen LogP contribution in [0.25, 0.3) is 5.57 Å². The number of hydrogen-bond donors (Lipinski definition) is 1. The highest BCUT2D eigenvalue weighted by Gasteiger charge is 2.40. The molecule has 0 radical (unpaired) electrons. The van der Waals surface area contributed by atoms with Crippen LogP contribution in [0.1, 0.15) is 23.3 Å². The third kappa shape index (κ3) is 3.59. The number of carbonyl (C=O) groups excluding carboxylic acids is 2.